The first-order chi connectivity index (χ1) is 9.04. The standard InChI is InChI=1S/C14H16ClNO3/c1-3-4-5-6-13-9(2)11-7-10(16(17)18)8-12(15)14(11)19-13/h7-8,13H,2-6H2,1H3. The van der Waals surface area contributed by atoms with Crippen LogP contribution in [-0.4, -0.2) is 11.0 Å². The van der Waals surface area contributed by atoms with E-state index in [0.29, 0.717) is 11.3 Å². The summed E-state index contributed by atoms with van der Waals surface area (Å²) in [5.74, 6) is 0.527. The van der Waals surface area contributed by atoms with Crippen molar-refractivity contribution in [3.05, 3.63) is 39.4 Å². The Morgan fingerprint density at radius 2 is 2.21 bits per heavy atom. The largest absolute Gasteiger partial charge is 0.484 e. The fourth-order valence-corrected chi connectivity index (χ4v) is 2.50. The van der Waals surface area contributed by atoms with Crippen LogP contribution in [0.5, 0.6) is 5.75 Å². The van der Waals surface area contributed by atoms with E-state index in [1.165, 1.54) is 12.1 Å². The van der Waals surface area contributed by atoms with Gasteiger partial charge in [0.15, 0.2) is 0 Å². The summed E-state index contributed by atoms with van der Waals surface area (Å²) in [6.45, 7) is 6.13. The quantitative estimate of drug-likeness (QED) is 0.450. The van der Waals surface area contributed by atoms with Gasteiger partial charge in [0, 0.05) is 17.7 Å². The zero-order valence-corrected chi connectivity index (χ0v) is 11.6. The SMILES string of the molecule is C=C1c2cc([N+](=O)[O-])cc(Cl)c2OC1CCCCC. The van der Waals surface area contributed by atoms with Crippen molar-refractivity contribution >= 4 is 22.9 Å². The van der Waals surface area contributed by atoms with Gasteiger partial charge < -0.3 is 4.74 Å². The van der Waals surface area contributed by atoms with E-state index in [-0.39, 0.29) is 16.8 Å². The van der Waals surface area contributed by atoms with Gasteiger partial charge >= 0.3 is 0 Å². The summed E-state index contributed by atoms with van der Waals surface area (Å²) in [6.07, 6.45) is 4.08. The van der Waals surface area contributed by atoms with E-state index in [1.807, 2.05) is 0 Å². The van der Waals surface area contributed by atoms with E-state index in [9.17, 15) is 10.1 Å². The Kier molecular flexibility index (Phi) is 4.10. The summed E-state index contributed by atoms with van der Waals surface area (Å²) in [7, 11) is 0. The molecule has 0 radical (unpaired) electrons. The third kappa shape index (κ3) is 2.73. The van der Waals surface area contributed by atoms with Gasteiger partial charge in [0.1, 0.15) is 11.9 Å². The number of nitro benzene ring substituents is 1. The van der Waals surface area contributed by atoms with E-state index in [4.69, 9.17) is 16.3 Å². The van der Waals surface area contributed by atoms with Crippen LogP contribution in [0.15, 0.2) is 18.7 Å². The monoisotopic (exact) mass is 281 g/mol. The van der Waals surface area contributed by atoms with Crippen molar-refractivity contribution < 1.29 is 9.66 Å². The zero-order valence-electron chi connectivity index (χ0n) is 10.8. The summed E-state index contributed by atoms with van der Waals surface area (Å²) in [5.41, 5.74) is 1.43. The second kappa shape index (κ2) is 5.61. The van der Waals surface area contributed by atoms with Crippen molar-refractivity contribution in [2.24, 2.45) is 0 Å². The molecule has 5 heteroatoms. The maximum atomic E-state index is 10.8. The smallest absolute Gasteiger partial charge is 0.271 e. The summed E-state index contributed by atoms with van der Waals surface area (Å²) >= 11 is 6.04. The maximum Gasteiger partial charge on any atom is 0.271 e. The summed E-state index contributed by atoms with van der Waals surface area (Å²) < 4.78 is 5.78. The molecule has 1 aliphatic heterocycles. The number of fused-ring (bicyclic) bond motifs is 1. The van der Waals surface area contributed by atoms with Gasteiger partial charge in [0.05, 0.1) is 9.95 Å². The second-order valence-corrected chi connectivity index (χ2v) is 5.10. The maximum absolute atomic E-state index is 10.8. The minimum absolute atomic E-state index is 0.0253. The lowest BCUT2D eigenvalue weighted by atomic mass is 10.00. The van der Waals surface area contributed by atoms with Gasteiger partial charge in [-0.15, -0.1) is 0 Å². The predicted molar refractivity (Wildman–Crippen MR) is 75.7 cm³/mol. The number of non-ortho nitro benzene ring substituents is 1. The molecule has 2 rings (SSSR count). The first-order valence-electron chi connectivity index (χ1n) is 6.38. The third-order valence-electron chi connectivity index (χ3n) is 3.30. The number of benzene rings is 1. The molecule has 0 saturated heterocycles. The average Bonchev–Trinajstić information content (AvgIpc) is 2.68. The number of nitro groups is 1. The van der Waals surface area contributed by atoms with Crippen LogP contribution in [0, 0.1) is 10.1 Å². The van der Waals surface area contributed by atoms with Crippen molar-refractivity contribution in [3.63, 3.8) is 0 Å². The van der Waals surface area contributed by atoms with Crippen molar-refractivity contribution in [1.29, 1.82) is 0 Å². The molecule has 1 atom stereocenters. The number of unbranched alkanes of at least 4 members (excludes halogenated alkanes) is 2. The minimum atomic E-state index is -0.455. The third-order valence-corrected chi connectivity index (χ3v) is 3.58. The van der Waals surface area contributed by atoms with Crippen LogP contribution in [0.1, 0.15) is 38.2 Å². The first-order valence-corrected chi connectivity index (χ1v) is 6.76. The molecule has 1 aromatic rings. The molecule has 0 bridgehead atoms. The van der Waals surface area contributed by atoms with E-state index >= 15 is 0 Å². The van der Waals surface area contributed by atoms with Gasteiger partial charge in [0.2, 0.25) is 0 Å². The van der Waals surface area contributed by atoms with Crippen LogP contribution in [0.4, 0.5) is 5.69 Å². The molecule has 0 N–H and O–H groups in total. The van der Waals surface area contributed by atoms with E-state index in [1.54, 1.807) is 0 Å². The van der Waals surface area contributed by atoms with Crippen molar-refractivity contribution in [3.8, 4) is 5.75 Å². The Morgan fingerprint density at radius 1 is 1.47 bits per heavy atom. The lowest BCUT2D eigenvalue weighted by Crippen LogP contribution is -2.11. The number of hydrogen-bond donors (Lipinski definition) is 0. The molecule has 0 fully saturated rings. The molecule has 1 heterocycles. The van der Waals surface area contributed by atoms with Gasteiger partial charge in [-0.2, -0.15) is 0 Å². The summed E-state index contributed by atoms with van der Waals surface area (Å²) in [5, 5.41) is 11.1. The fourth-order valence-electron chi connectivity index (χ4n) is 2.24. The van der Waals surface area contributed by atoms with Crippen LogP contribution in [0.3, 0.4) is 0 Å². The van der Waals surface area contributed by atoms with Gasteiger partial charge in [-0.3, -0.25) is 10.1 Å². The van der Waals surface area contributed by atoms with Crippen LogP contribution in [-0.2, 0) is 0 Å². The minimum Gasteiger partial charge on any atom is -0.484 e. The van der Waals surface area contributed by atoms with Crippen molar-refractivity contribution in [2.45, 2.75) is 38.7 Å². The molecule has 0 amide bonds. The lowest BCUT2D eigenvalue weighted by Gasteiger charge is -2.11. The van der Waals surface area contributed by atoms with Gasteiger partial charge in [-0.1, -0.05) is 37.9 Å². The number of ether oxygens (including phenoxy) is 1. The average molecular weight is 282 g/mol. The second-order valence-electron chi connectivity index (χ2n) is 4.69. The molecule has 0 aliphatic carbocycles. The Bertz CT molecular complexity index is 528. The molecule has 4 nitrogen and oxygen atoms in total. The lowest BCUT2D eigenvalue weighted by molar-refractivity contribution is -0.384. The first kappa shape index (κ1) is 13.9. The highest BCUT2D eigenvalue weighted by Gasteiger charge is 2.30. The number of rotatable bonds is 5. The van der Waals surface area contributed by atoms with Crippen molar-refractivity contribution in [1.82, 2.24) is 0 Å². The van der Waals surface area contributed by atoms with Crippen LogP contribution >= 0.6 is 11.6 Å². The topological polar surface area (TPSA) is 52.4 Å². The van der Waals surface area contributed by atoms with Gasteiger partial charge in [-0.05, 0) is 18.4 Å². The highest BCUT2D eigenvalue weighted by molar-refractivity contribution is 6.32. The van der Waals surface area contributed by atoms with Gasteiger partial charge in [-0.25, -0.2) is 0 Å². The van der Waals surface area contributed by atoms with E-state index < -0.39 is 4.92 Å². The number of hydrogen-bond acceptors (Lipinski definition) is 3. The van der Waals surface area contributed by atoms with Crippen molar-refractivity contribution in [2.75, 3.05) is 0 Å². The normalized spacial score (nSPS) is 17.2. The molecule has 1 unspecified atom stereocenters. The van der Waals surface area contributed by atoms with Crippen LogP contribution < -0.4 is 4.74 Å². The summed E-state index contributed by atoms with van der Waals surface area (Å²) in [4.78, 5) is 10.4. The Morgan fingerprint density at radius 3 is 2.84 bits per heavy atom. The molecule has 1 aliphatic rings. The molecule has 0 saturated carbocycles. The molecule has 1 aromatic carbocycles. The molecule has 19 heavy (non-hydrogen) atoms. The highest BCUT2D eigenvalue weighted by atomic mass is 35.5. The Hall–Kier alpha value is -1.55. The number of nitrogens with zero attached hydrogens (tertiary/aromatic N) is 1. The van der Waals surface area contributed by atoms with Gasteiger partial charge in [0.25, 0.3) is 5.69 Å². The highest BCUT2D eigenvalue weighted by Crippen LogP contribution is 2.45. The number of halogens is 1. The zero-order chi connectivity index (χ0) is 14.0. The molecule has 0 spiro atoms. The van der Waals surface area contributed by atoms with E-state index in [2.05, 4.69) is 13.5 Å². The predicted octanol–water partition coefficient (Wildman–Crippen LogP) is 4.60. The fraction of sp³-hybridized carbons (Fsp3) is 0.429. The van der Waals surface area contributed by atoms with E-state index in [0.717, 1.165) is 31.3 Å². The van der Waals surface area contributed by atoms with Crippen LogP contribution in [0.25, 0.3) is 5.57 Å². The Labute approximate surface area is 117 Å². The summed E-state index contributed by atoms with van der Waals surface area (Å²) in [6, 6.07) is 2.81. The molecule has 0 aromatic heterocycles. The Balaban J connectivity index is 2.23. The molecular weight excluding hydrogens is 266 g/mol. The molecular formula is C14H16ClNO3. The molecule has 102 valence electrons. The van der Waals surface area contributed by atoms with Crippen LogP contribution in [0.2, 0.25) is 5.02 Å².